The van der Waals surface area contributed by atoms with Gasteiger partial charge in [-0.25, -0.2) is 9.98 Å². The average Bonchev–Trinajstić information content (AvgIpc) is 3.73. The molecule has 0 bridgehead atoms. The highest BCUT2D eigenvalue weighted by Gasteiger charge is 2.26. The highest BCUT2D eigenvalue weighted by Crippen LogP contribution is 2.42. The molecule has 9 aromatic carbocycles. The van der Waals surface area contributed by atoms with E-state index in [1.165, 1.54) is 74.7 Å². The Morgan fingerprint density at radius 1 is 0.475 bits per heavy atom. The molecule has 1 N–H and O–H groups in total. The molecule has 61 heavy (non-hydrogen) atoms. The van der Waals surface area contributed by atoms with Gasteiger partial charge in [-0.05, 0) is 96.4 Å². The highest BCUT2D eigenvalue weighted by atomic mass is 32.1. The van der Waals surface area contributed by atoms with Crippen LogP contribution in [0.15, 0.2) is 222 Å². The summed E-state index contributed by atoms with van der Waals surface area (Å²) < 4.78 is 2.48. The molecule has 0 saturated carbocycles. The molecule has 0 radical (unpaired) electrons. The largest absolute Gasteiger partial charge is 0.344 e. The SMILES string of the molecule is C1=CC(c2ccccc2)CC=C1C1N=C(c2cc(-c3ccc4c5ccccc5c5ccccc5c4c3)cc3sc4ccccc4c23)N=C(c2ccc(-c3ccccc3)cc2)N1. The van der Waals surface area contributed by atoms with Gasteiger partial charge in [-0.15, -0.1) is 11.3 Å². The van der Waals surface area contributed by atoms with Crippen molar-refractivity contribution in [2.24, 2.45) is 9.98 Å². The molecule has 0 saturated heterocycles. The van der Waals surface area contributed by atoms with Crippen molar-refractivity contribution in [2.45, 2.75) is 18.5 Å². The van der Waals surface area contributed by atoms with Crippen molar-refractivity contribution in [3.8, 4) is 22.3 Å². The first-order valence-corrected chi connectivity index (χ1v) is 21.8. The van der Waals surface area contributed by atoms with Crippen LogP contribution in [0.25, 0.3) is 74.7 Å². The minimum Gasteiger partial charge on any atom is -0.344 e. The molecule has 0 amide bonds. The summed E-state index contributed by atoms with van der Waals surface area (Å²) in [5.41, 5.74) is 9.23. The van der Waals surface area contributed by atoms with E-state index in [-0.39, 0.29) is 6.17 Å². The van der Waals surface area contributed by atoms with Crippen molar-refractivity contribution < 1.29 is 0 Å². The summed E-state index contributed by atoms with van der Waals surface area (Å²) >= 11 is 1.84. The second-order valence-electron chi connectivity index (χ2n) is 16.1. The molecule has 2 unspecified atom stereocenters. The van der Waals surface area contributed by atoms with Crippen molar-refractivity contribution in [1.82, 2.24) is 5.32 Å². The van der Waals surface area contributed by atoms with Crippen LogP contribution in [-0.4, -0.2) is 17.8 Å². The maximum absolute atomic E-state index is 5.51. The van der Waals surface area contributed by atoms with E-state index in [0.717, 1.165) is 40.4 Å². The molecule has 1 aliphatic heterocycles. The zero-order chi connectivity index (χ0) is 40.3. The topological polar surface area (TPSA) is 36.8 Å². The number of rotatable bonds is 6. The second-order valence-corrected chi connectivity index (χ2v) is 17.1. The minimum atomic E-state index is -0.312. The predicted octanol–water partition coefficient (Wildman–Crippen LogP) is 14.6. The van der Waals surface area contributed by atoms with Crippen molar-refractivity contribution in [2.75, 3.05) is 0 Å². The van der Waals surface area contributed by atoms with E-state index in [9.17, 15) is 0 Å². The lowest BCUT2D eigenvalue weighted by molar-refractivity contribution is 0.711. The van der Waals surface area contributed by atoms with E-state index in [4.69, 9.17) is 9.98 Å². The van der Waals surface area contributed by atoms with Crippen LogP contribution < -0.4 is 5.32 Å². The van der Waals surface area contributed by atoms with Crippen molar-refractivity contribution in [3.63, 3.8) is 0 Å². The van der Waals surface area contributed by atoms with E-state index in [1.807, 2.05) is 11.3 Å². The number of allylic oxidation sites excluding steroid dienone is 2. The lowest BCUT2D eigenvalue weighted by Gasteiger charge is -2.27. The van der Waals surface area contributed by atoms with Gasteiger partial charge in [-0.2, -0.15) is 0 Å². The van der Waals surface area contributed by atoms with Gasteiger partial charge in [0.15, 0.2) is 5.84 Å². The summed E-state index contributed by atoms with van der Waals surface area (Å²) in [6.45, 7) is 0. The van der Waals surface area contributed by atoms with Gasteiger partial charge in [0.25, 0.3) is 0 Å². The van der Waals surface area contributed by atoms with Crippen molar-refractivity contribution in [1.29, 1.82) is 0 Å². The monoisotopic (exact) mass is 797 g/mol. The number of hydrogen-bond acceptors (Lipinski definition) is 4. The molecular weight excluding hydrogens is 759 g/mol. The number of fused-ring (bicyclic) bond motifs is 9. The Labute approximate surface area is 358 Å². The van der Waals surface area contributed by atoms with E-state index < -0.39 is 0 Å². The predicted molar refractivity (Wildman–Crippen MR) is 260 cm³/mol. The van der Waals surface area contributed by atoms with Crippen LogP contribution in [0.2, 0.25) is 0 Å². The van der Waals surface area contributed by atoms with Gasteiger partial charge in [0.2, 0.25) is 0 Å². The number of hydrogen-bond donors (Lipinski definition) is 1. The molecule has 2 atom stereocenters. The summed E-state index contributed by atoms with van der Waals surface area (Å²) in [5.74, 6) is 1.88. The van der Waals surface area contributed by atoms with Crippen molar-refractivity contribution in [3.05, 3.63) is 229 Å². The fraction of sp³-hybridized carbons (Fsp3) is 0.0526. The van der Waals surface area contributed by atoms with Gasteiger partial charge < -0.3 is 5.32 Å². The molecule has 1 aliphatic carbocycles. The molecule has 10 aromatic rings. The van der Waals surface area contributed by atoms with Crippen LogP contribution in [0.5, 0.6) is 0 Å². The van der Waals surface area contributed by atoms with Gasteiger partial charge in [0.05, 0.1) is 0 Å². The summed E-state index contributed by atoms with van der Waals surface area (Å²) in [6, 6.07) is 68.1. The van der Waals surface area contributed by atoms with Gasteiger partial charge in [0.1, 0.15) is 12.0 Å². The Hall–Kier alpha value is -7.40. The molecule has 4 heteroatoms. The first-order valence-electron chi connectivity index (χ1n) is 21.0. The Balaban J connectivity index is 1.04. The molecule has 2 heterocycles. The van der Waals surface area contributed by atoms with Crippen LogP contribution in [-0.2, 0) is 0 Å². The van der Waals surface area contributed by atoms with E-state index >= 15 is 0 Å². The third-order valence-corrected chi connectivity index (χ3v) is 13.6. The molecule has 3 nitrogen and oxygen atoms in total. The normalized spacial score (nSPS) is 16.5. The van der Waals surface area contributed by atoms with Crippen LogP contribution in [0.3, 0.4) is 0 Å². The number of aliphatic imine (C=N–C) groups is 2. The van der Waals surface area contributed by atoms with Gasteiger partial charge in [0, 0.05) is 37.2 Å². The first kappa shape index (κ1) is 35.5. The maximum Gasteiger partial charge on any atom is 0.160 e. The van der Waals surface area contributed by atoms with Gasteiger partial charge in [-0.3, -0.25) is 0 Å². The second kappa shape index (κ2) is 14.7. The summed E-state index contributed by atoms with van der Waals surface area (Å²) in [7, 11) is 0. The van der Waals surface area contributed by atoms with Crippen LogP contribution in [0, 0.1) is 0 Å². The van der Waals surface area contributed by atoms with Crippen molar-refractivity contribution >= 4 is 75.5 Å². The minimum absolute atomic E-state index is 0.312. The van der Waals surface area contributed by atoms with E-state index in [1.54, 1.807) is 0 Å². The molecule has 2 aliphatic rings. The smallest absolute Gasteiger partial charge is 0.160 e. The number of thiophene rings is 1. The Kier molecular flexibility index (Phi) is 8.56. The number of benzene rings is 9. The van der Waals surface area contributed by atoms with E-state index in [0.29, 0.717) is 5.92 Å². The summed E-state index contributed by atoms with van der Waals surface area (Å²) in [6.07, 6.45) is 7.55. The zero-order valence-corrected chi connectivity index (χ0v) is 34.1. The Morgan fingerprint density at radius 3 is 1.77 bits per heavy atom. The molecule has 0 spiro atoms. The Morgan fingerprint density at radius 2 is 1.07 bits per heavy atom. The van der Waals surface area contributed by atoms with Gasteiger partial charge in [-0.1, -0.05) is 182 Å². The molecular formula is C57H39N3S. The van der Waals surface area contributed by atoms with E-state index in [2.05, 4.69) is 212 Å². The third kappa shape index (κ3) is 6.27. The van der Waals surface area contributed by atoms with Crippen LogP contribution in [0.1, 0.15) is 29.0 Å². The molecule has 1 aromatic heterocycles. The molecule has 12 rings (SSSR count). The lowest BCUT2D eigenvalue weighted by Crippen LogP contribution is -2.40. The number of nitrogens with zero attached hydrogens (tertiary/aromatic N) is 2. The number of amidine groups is 2. The fourth-order valence-corrected chi connectivity index (χ4v) is 10.6. The fourth-order valence-electron chi connectivity index (χ4n) is 9.41. The summed E-state index contributed by atoms with van der Waals surface area (Å²) in [4.78, 5) is 11.0. The highest BCUT2D eigenvalue weighted by molar-refractivity contribution is 7.26. The average molecular weight is 798 g/mol. The lowest BCUT2D eigenvalue weighted by atomic mass is 9.89. The quantitative estimate of drug-likeness (QED) is 0.167. The first-order chi connectivity index (χ1) is 30.2. The standard InChI is InChI=1S/C57H39N3S/c1-3-13-36(14-4-1)38-23-27-40(28-24-38)55-58-56(41-29-25-39(26-30-41)37-15-5-2-6-16-37)60-57(59-55)51-34-43(35-53-54(51)49-21-11-12-22-52(49)61-53)42-31-32-48-46-19-8-7-17-44(46)45-18-9-10-20-47(45)50(48)33-42/h1-25,27-35,39,56H,26H2,(H,58,59,60). The molecule has 0 fully saturated rings. The van der Waals surface area contributed by atoms with Crippen LogP contribution in [0.4, 0.5) is 0 Å². The van der Waals surface area contributed by atoms with Gasteiger partial charge >= 0.3 is 0 Å². The van der Waals surface area contributed by atoms with Crippen LogP contribution >= 0.6 is 11.3 Å². The number of nitrogens with one attached hydrogen (secondary N) is 1. The zero-order valence-electron chi connectivity index (χ0n) is 33.3. The molecule has 288 valence electrons. The Bertz CT molecular complexity index is 3430. The third-order valence-electron chi connectivity index (χ3n) is 12.5. The summed E-state index contributed by atoms with van der Waals surface area (Å²) in [5, 5.41) is 13.8. The maximum atomic E-state index is 5.51.